The molecule has 0 spiro atoms. The maximum atomic E-state index is 12.1. The minimum atomic E-state index is 0.0976. The zero-order valence-corrected chi connectivity index (χ0v) is 15.5. The lowest BCUT2D eigenvalue weighted by Crippen LogP contribution is -2.29. The Morgan fingerprint density at radius 1 is 1.42 bits per heavy atom. The number of thiazole rings is 1. The lowest BCUT2D eigenvalue weighted by atomic mass is 9.96. The molecule has 3 rings (SSSR count). The predicted octanol–water partition coefficient (Wildman–Crippen LogP) is 2.31. The summed E-state index contributed by atoms with van der Waals surface area (Å²) in [7, 11) is 3.79. The van der Waals surface area contributed by atoms with Gasteiger partial charge in [-0.1, -0.05) is 13.8 Å². The Hall–Kier alpha value is -1.73. The van der Waals surface area contributed by atoms with Crippen molar-refractivity contribution in [1.82, 2.24) is 25.0 Å². The number of hydrogen-bond donors (Lipinski definition) is 1. The molecule has 1 aliphatic heterocycles. The molecule has 0 aliphatic carbocycles. The minimum Gasteiger partial charge on any atom is -0.338 e. The first-order valence-electron chi connectivity index (χ1n) is 8.35. The van der Waals surface area contributed by atoms with Gasteiger partial charge in [-0.25, -0.2) is 4.98 Å². The van der Waals surface area contributed by atoms with Crippen LogP contribution < -0.4 is 5.32 Å². The van der Waals surface area contributed by atoms with E-state index in [4.69, 9.17) is 0 Å². The quantitative estimate of drug-likeness (QED) is 0.871. The van der Waals surface area contributed by atoms with E-state index in [0.717, 1.165) is 24.3 Å². The smallest absolute Gasteiger partial charge is 0.223 e. The van der Waals surface area contributed by atoms with E-state index in [2.05, 4.69) is 34.6 Å². The van der Waals surface area contributed by atoms with Gasteiger partial charge in [0.15, 0.2) is 0 Å². The van der Waals surface area contributed by atoms with Gasteiger partial charge in [-0.3, -0.25) is 9.48 Å². The van der Waals surface area contributed by atoms with Crippen molar-refractivity contribution in [2.45, 2.75) is 38.8 Å². The van der Waals surface area contributed by atoms with Crippen LogP contribution in [0, 0.1) is 5.92 Å². The summed E-state index contributed by atoms with van der Waals surface area (Å²) in [6, 6.07) is 0.0976. The number of aryl methyl sites for hydroxylation is 1. The topological polar surface area (TPSA) is 63.1 Å². The first kappa shape index (κ1) is 17.1. The van der Waals surface area contributed by atoms with Gasteiger partial charge in [-0.05, 0) is 0 Å². The minimum absolute atomic E-state index is 0.0976. The van der Waals surface area contributed by atoms with Gasteiger partial charge in [0.25, 0.3) is 0 Å². The molecule has 7 heteroatoms. The standard InChI is InChI=1S/C17H25N5OS/c1-11(2)17-20-14(10-24-17)8-18-6-12-5-15(23)22(4)16(12)13-7-19-21(3)9-13/h7,9-12,16,18H,5-6,8H2,1-4H3/t12-,16+/m0/s1. The summed E-state index contributed by atoms with van der Waals surface area (Å²) in [6.07, 6.45) is 4.45. The second-order valence-corrected chi connectivity index (χ2v) is 7.71. The third-order valence-electron chi connectivity index (χ3n) is 4.54. The largest absolute Gasteiger partial charge is 0.338 e. The second-order valence-electron chi connectivity index (χ2n) is 6.82. The fourth-order valence-electron chi connectivity index (χ4n) is 3.28. The number of nitrogens with one attached hydrogen (secondary N) is 1. The Labute approximate surface area is 146 Å². The number of amides is 1. The van der Waals surface area contributed by atoms with E-state index in [1.54, 1.807) is 16.0 Å². The molecule has 3 heterocycles. The molecule has 0 unspecified atom stereocenters. The van der Waals surface area contributed by atoms with Crippen LogP contribution in [-0.4, -0.2) is 39.2 Å². The van der Waals surface area contributed by atoms with Crippen molar-refractivity contribution in [3.05, 3.63) is 34.0 Å². The molecule has 130 valence electrons. The van der Waals surface area contributed by atoms with E-state index in [-0.39, 0.29) is 17.9 Å². The monoisotopic (exact) mass is 347 g/mol. The Bertz CT molecular complexity index is 707. The van der Waals surface area contributed by atoms with E-state index < -0.39 is 0 Å². The van der Waals surface area contributed by atoms with Gasteiger partial charge in [0, 0.05) is 62.6 Å². The van der Waals surface area contributed by atoms with Crippen LogP contribution in [-0.2, 0) is 18.4 Å². The highest BCUT2D eigenvalue weighted by Crippen LogP contribution is 2.36. The molecule has 1 saturated heterocycles. The molecule has 0 saturated carbocycles. The third-order valence-corrected chi connectivity index (χ3v) is 5.73. The Balaban J connectivity index is 1.61. The Morgan fingerprint density at radius 2 is 2.21 bits per heavy atom. The Kier molecular flexibility index (Phi) is 5.01. The van der Waals surface area contributed by atoms with E-state index >= 15 is 0 Å². The fourth-order valence-corrected chi connectivity index (χ4v) is 4.11. The van der Waals surface area contributed by atoms with Crippen molar-refractivity contribution in [2.24, 2.45) is 13.0 Å². The van der Waals surface area contributed by atoms with Gasteiger partial charge in [-0.15, -0.1) is 11.3 Å². The number of nitrogens with zero attached hydrogens (tertiary/aromatic N) is 4. The highest BCUT2D eigenvalue weighted by molar-refractivity contribution is 7.09. The predicted molar refractivity (Wildman–Crippen MR) is 94.7 cm³/mol. The maximum Gasteiger partial charge on any atom is 0.223 e. The van der Waals surface area contributed by atoms with Crippen LogP contribution in [0.4, 0.5) is 0 Å². The number of aromatic nitrogens is 3. The van der Waals surface area contributed by atoms with Gasteiger partial charge in [0.2, 0.25) is 5.91 Å². The number of hydrogen-bond acceptors (Lipinski definition) is 5. The van der Waals surface area contributed by atoms with Crippen LogP contribution in [0.15, 0.2) is 17.8 Å². The molecule has 2 aromatic rings. The molecule has 0 radical (unpaired) electrons. The van der Waals surface area contributed by atoms with Crippen LogP contribution in [0.2, 0.25) is 0 Å². The molecule has 1 aliphatic rings. The molecular weight excluding hydrogens is 322 g/mol. The normalized spacial score (nSPS) is 21.2. The zero-order chi connectivity index (χ0) is 17.3. The summed E-state index contributed by atoms with van der Waals surface area (Å²) >= 11 is 1.72. The lowest BCUT2D eigenvalue weighted by Gasteiger charge is -2.24. The summed E-state index contributed by atoms with van der Waals surface area (Å²) in [6.45, 7) is 5.87. The van der Waals surface area contributed by atoms with Crippen molar-refractivity contribution in [3.63, 3.8) is 0 Å². The highest BCUT2D eigenvalue weighted by atomic mass is 32.1. The number of likely N-dealkylation sites (tertiary alicyclic amines) is 1. The lowest BCUT2D eigenvalue weighted by molar-refractivity contribution is -0.127. The van der Waals surface area contributed by atoms with Crippen LogP contribution in [0.3, 0.4) is 0 Å². The molecular formula is C17H25N5OS. The van der Waals surface area contributed by atoms with Gasteiger partial charge < -0.3 is 10.2 Å². The molecule has 0 bridgehead atoms. The summed E-state index contributed by atoms with van der Waals surface area (Å²) in [5, 5.41) is 11.0. The van der Waals surface area contributed by atoms with Crippen molar-refractivity contribution in [1.29, 1.82) is 0 Å². The third kappa shape index (κ3) is 3.52. The van der Waals surface area contributed by atoms with Crippen LogP contribution in [0.5, 0.6) is 0 Å². The summed E-state index contributed by atoms with van der Waals surface area (Å²) in [5.41, 5.74) is 2.19. The van der Waals surface area contributed by atoms with Crippen molar-refractivity contribution in [3.8, 4) is 0 Å². The van der Waals surface area contributed by atoms with E-state index in [0.29, 0.717) is 12.3 Å². The van der Waals surface area contributed by atoms with Gasteiger partial charge in [-0.2, -0.15) is 5.10 Å². The number of rotatable bonds is 6. The number of carbonyl (C=O) groups is 1. The Morgan fingerprint density at radius 3 is 2.83 bits per heavy atom. The van der Waals surface area contributed by atoms with Crippen LogP contribution >= 0.6 is 11.3 Å². The number of carbonyl (C=O) groups excluding carboxylic acids is 1. The summed E-state index contributed by atoms with van der Waals surface area (Å²) in [4.78, 5) is 18.6. The molecule has 24 heavy (non-hydrogen) atoms. The molecule has 1 amide bonds. The van der Waals surface area contributed by atoms with Gasteiger partial charge in [0.1, 0.15) is 0 Å². The molecule has 1 fully saturated rings. The average molecular weight is 347 g/mol. The van der Waals surface area contributed by atoms with Gasteiger partial charge in [0.05, 0.1) is 22.9 Å². The SMILES string of the molecule is CC(C)c1nc(CNC[C@@H]2CC(=O)N(C)[C@H]2c2cnn(C)c2)cs1. The van der Waals surface area contributed by atoms with Crippen molar-refractivity contribution < 1.29 is 4.79 Å². The molecule has 2 atom stereocenters. The molecule has 1 N–H and O–H groups in total. The maximum absolute atomic E-state index is 12.1. The van der Waals surface area contributed by atoms with E-state index in [1.807, 2.05) is 31.4 Å². The van der Waals surface area contributed by atoms with Crippen molar-refractivity contribution >= 4 is 17.2 Å². The van der Waals surface area contributed by atoms with Gasteiger partial charge >= 0.3 is 0 Å². The zero-order valence-electron chi connectivity index (χ0n) is 14.7. The first-order chi connectivity index (χ1) is 11.5. The van der Waals surface area contributed by atoms with Crippen LogP contribution in [0.25, 0.3) is 0 Å². The summed E-state index contributed by atoms with van der Waals surface area (Å²) < 4.78 is 1.79. The molecule has 6 nitrogen and oxygen atoms in total. The van der Waals surface area contributed by atoms with Crippen LogP contribution in [0.1, 0.15) is 48.5 Å². The van der Waals surface area contributed by atoms with Crippen molar-refractivity contribution in [2.75, 3.05) is 13.6 Å². The second kappa shape index (κ2) is 7.03. The average Bonchev–Trinajstić information content (AvgIpc) is 3.21. The molecule has 2 aromatic heterocycles. The highest BCUT2D eigenvalue weighted by Gasteiger charge is 2.38. The van der Waals surface area contributed by atoms with E-state index in [1.165, 1.54) is 5.01 Å². The first-order valence-corrected chi connectivity index (χ1v) is 9.23. The fraction of sp³-hybridized carbons (Fsp3) is 0.588. The van der Waals surface area contributed by atoms with E-state index in [9.17, 15) is 4.79 Å². The summed E-state index contributed by atoms with van der Waals surface area (Å²) in [5.74, 6) is 0.932. The molecule has 0 aromatic carbocycles.